The molecule has 1 aromatic carbocycles. The first-order valence-corrected chi connectivity index (χ1v) is 7.51. The van der Waals surface area contributed by atoms with Gasteiger partial charge in [0.15, 0.2) is 0 Å². The zero-order chi connectivity index (χ0) is 13.7. The molecule has 2 N–H and O–H groups in total. The van der Waals surface area contributed by atoms with E-state index in [1.54, 1.807) is 0 Å². The lowest BCUT2D eigenvalue weighted by Crippen LogP contribution is -2.33. The molecule has 0 bridgehead atoms. The third-order valence-corrected chi connectivity index (χ3v) is 3.97. The monoisotopic (exact) mass is 325 g/mol. The zero-order valence-corrected chi connectivity index (χ0v) is 12.8. The molecule has 1 heterocycles. The van der Waals surface area contributed by atoms with Gasteiger partial charge in [0, 0.05) is 29.8 Å². The fourth-order valence-corrected chi connectivity index (χ4v) is 2.67. The van der Waals surface area contributed by atoms with Crippen molar-refractivity contribution in [3.8, 4) is 0 Å². The smallest absolute Gasteiger partial charge is 0.239 e. The summed E-state index contributed by atoms with van der Waals surface area (Å²) in [5.74, 6) is 0.102. The molecule has 0 unspecified atom stereocenters. The van der Waals surface area contributed by atoms with Crippen LogP contribution in [0.1, 0.15) is 18.9 Å². The normalized spacial score (nSPS) is 16.1. The quantitative estimate of drug-likeness (QED) is 0.888. The summed E-state index contributed by atoms with van der Waals surface area (Å²) in [5.41, 5.74) is 2.34. The SMILES string of the molecule is CCNCc1ccc(N2CCCNC(=O)C2)cc1Br. The number of hydrogen-bond donors (Lipinski definition) is 2. The minimum atomic E-state index is 0.102. The van der Waals surface area contributed by atoms with Gasteiger partial charge in [0.05, 0.1) is 6.54 Å². The molecule has 1 amide bonds. The third kappa shape index (κ3) is 3.94. The maximum atomic E-state index is 11.6. The van der Waals surface area contributed by atoms with Crippen molar-refractivity contribution in [3.05, 3.63) is 28.2 Å². The summed E-state index contributed by atoms with van der Waals surface area (Å²) in [6, 6.07) is 6.31. The van der Waals surface area contributed by atoms with Crippen LogP contribution in [0.15, 0.2) is 22.7 Å². The summed E-state index contributed by atoms with van der Waals surface area (Å²) in [4.78, 5) is 13.7. The van der Waals surface area contributed by atoms with E-state index in [0.29, 0.717) is 6.54 Å². The molecule has 1 saturated heterocycles. The van der Waals surface area contributed by atoms with Gasteiger partial charge in [0.2, 0.25) is 5.91 Å². The molecule has 1 fully saturated rings. The topological polar surface area (TPSA) is 44.4 Å². The predicted molar refractivity (Wildman–Crippen MR) is 81.4 cm³/mol. The van der Waals surface area contributed by atoms with E-state index in [-0.39, 0.29) is 5.91 Å². The van der Waals surface area contributed by atoms with Crippen LogP contribution in [0, 0.1) is 0 Å². The molecule has 5 heteroatoms. The summed E-state index contributed by atoms with van der Waals surface area (Å²) < 4.78 is 1.09. The van der Waals surface area contributed by atoms with Gasteiger partial charge in [-0.3, -0.25) is 4.79 Å². The molecule has 4 nitrogen and oxygen atoms in total. The predicted octanol–water partition coefficient (Wildman–Crippen LogP) is 1.88. The molecule has 104 valence electrons. The first kappa shape index (κ1) is 14.3. The molecule has 0 saturated carbocycles. The molecule has 0 radical (unpaired) electrons. The highest BCUT2D eigenvalue weighted by molar-refractivity contribution is 9.10. The number of hydrogen-bond acceptors (Lipinski definition) is 3. The molecule has 0 aliphatic carbocycles. The number of carbonyl (C=O) groups is 1. The van der Waals surface area contributed by atoms with Crippen LogP contribution in [0.5, 0.6) is 0 Å². The Morgan fingerprint density at radius 2 is 2.32 bits per heavy atom. The average Bonchev–Trinajstić information content (AvgIpc) is 2.62. The zero-order valence-electron chi connectivity index (χ0n) is 11.2. The van der Waals surface area contributed by atoms with E-state index in [0.717, 1.165) is 42.8 Å². The van der Waals surface area contributed by atoms with Crippen LogP contribution in [-0.4, -0.2) is 32.1 Å². The van der Waals surface area contributed by atoms with Crippen LogP contribution in [0.25, 0.3) is 0 Å². The summed E-state index contributed by atoms with van der Waals surface area (Å²) in [5, 5.41) is 6.21. The highest BCUT2D eigenvalue weighted by Gasteiger charge is 2.15. The van der Waals surface area contributed by atoms with Crippen molar-refractivity contribution in [1.82, 2.24) is 10.6 Å². The van der Waals surface area contributed by atoms with Crippen molar-refractivity contribution in [3.63, 3.8) is 0 Å². The molecule has 1 aliphatic rings. The molecule has 1 aliphatic heterocycles. The second-order valence-corrected chi connectivity index (χ2v) is 5.54. The largest absolute Gasteiger partial charge is 0.362 e. The number of anilines is 1. The van der Waals surface area contributed by atoms with E-state index < -0.39 is 0 Å². The Morgan fingerprint density at radius 1 is 1.47 bits per heavy atom. The van der Waals surface area contributed by atoms with E-state index in [1.165, 1.54) is 5.56 Å². The van der Waals surface area contributed by atoms with Crippen LogP contribution in [0.4, 0.5) is 5.69 Å². The second kappa shape index (κ2) is 6.91. The number of nitrogens with zero attached hydrogens (tertiary/aromatic N) is 1. The fourth-order valence-electron chi connectivity index (χ4n) is 2.16. The molecule has 0 spiro atoms. The number of nitrogens with one attached hydrogen (secondary N) is 2. The lowest BCUT2D eigenvalue weighted by molar-refractivity contribution is -0.119. The Hall–Kier alpha value is -1.07. The Bertz CT molecular complexity index is 450. The summed E-state index contributed by atoms with van der Waals surface area (Å²) in [6.07, 6.45) is 0.989. The van der Waals surface area contributed by atoms with Gasteiger partial charge in [-0.05, 0) is 30.7 Å². The van der Waals surface area contributed by atoms with Crippen molar-refractivity contribution >= 4 is 27.5 Å². The van der Waals surface area contributed by atoms with Crippen molar-refractivity contribution in [2.24, 2.45) is 0 Å². The Kier molecular flexibility index (Phi) is 5.22. The number of carbonyl (C=O) groups excluding carboxylic acids is 1. The molecular weight excluding hydrogens is 306 g/mol. The maximum Gasteiger partial charge on any atom is 0.239 e. The van der Waals surface area contributed by atoms with Crippen molar-refractivity contribution in [2.75, 3.05) is 31.1 Å². The van der Waals surface area contributed by atoms with Gasteiger partial charge in [-0.1, -0.05) is 28.9 Å². The number of rotatable bonds is 4. The summed E-state index contributed by atoms with van der Waals surface area (Å²) in [6.45, 7) is 6.04. The lowest BCUT2D eigenvalue weighted by Gasteiger charge is -2.22. The minimum absolute atomic E-state index is 0.102. The highest BCUT2D eigenvalue weighted by atomic mass is 79.9. The number of halogens is 1. The van der Waals surface area contributed by atoms with Crippen LogP contribution < -0.4 is 15.5 Å². The first-order valence-electron chi connectivity index (χ1n) is 6.71. The Balaban J connectivity index is 2.11. The number of amides is 1. The molecule has 1 aromatic rings. The van der Waals surface area contributed by atoms with Crippen molar-refractivity contribution < 1.29 is 4.79 Å². The average molecular weight is 326 g/mol. The lowest BCUT2D eigenvalue weighted by atomic mass is 10.2. The fraction of sp³-hybridized carbons (Fsp3) is 0.500. The van der Waals surface area contributed by atoms with Crippen LogP contribution >= 0.6 is 15.9 Å². The minimum Gasteiger partial charge on any atom is -0.362 e. The number of benzene rings is 1. The molecule has 19 heavy (non-hydrogen) atoms. The van der Waals surface area contributed by atoms with Crippen molar-refractivity contribution in [1.29, 1.82) is 0 Å². The van der Waals surface area contributed by atoms with Crippen LogP contribution in [0.3, 0.4) is 0 Å². The summed E-state index contributed by atoms with van der Waals surface area (Å²) >= 11 is 3.61. The van der Waals surface area contributed by atoms with Gasteiger partial charge in [0.25, 0.3) is 0 Å². The van der Waals surface area contributed by atoms with Gasteiger partial charge >= 0.3 is 0 Å². The van der Waals surface area contributed by atoms with Gasteiger partial charge < -0.3 is 15.5 Å². The maximum absolute atomic E-state index is 11.6. The van der Waals surface area contributed by atoms with Gasteiger partial charge in [-0.2, -0.15) is 0 Å². The van der Waals surface area contributed by atoms with E-state index in [9.17, 15) is 4.79 Å². The third-order valence-electron chi connectivity index (χ3n) is 3.23. The van der Waals surface area contributed by atoms with Gasteiger partial charge in [-0.25, -0.2) is 0 Å². The highest BCUT2D eigenvalue weighted by Crippen LogP contribution is 2.24. The summed E-state index contributed by atoms with van der Waals surface area (Å²) in [7, 11) is 0. The standard InChI is InChI=1S/C14H20BrN3O/c1-2-16-9-11-4-5-12(8-13(11)15)18-7-3-6-17-14(19)10-18/h4-5,8,16H,2-3,6-7,9-10H2,1H3,(H,17,19). The Morgan fingerprint density at radius 3 is 3.05 bits per heavy atom. The molecule has 2 rings (SSSR count). The van der Waals surface area contributed by atoms with E-state index in [2.05, 4.69) is 56.6 Å². The van der Waals surface area contributed by atoms with E-state index >= 15 is 0 Å². The molecular formula is C14H20BrN3O. The van der Waals surface area contributed by atoms with Crippen molar-refractivity contribution in [2.45, 2.75) is 19.9 Å². The van der Waals surface area contributed by atoms with Gasteiger partial charge in [-0.15, -0.1) is 0 Å². The van der Waals surface area contributed by atoms with Crippen LogP contribution in [0.2, 0.25) is 0 Å². The van der Waals surface area contributed by atoms with E-state index in [4.69, 9.17) is 0 Å². The van der Waals surface area contributed by atoms with Crippen LogP contribution in [-0.2, 0) is 11.3 Å². The Labute approximate surface area is 122 Å². The first-order chi connectivity index (χ1) is 9.20. The van der Waals surface area contributed by atoms with E-state index in [1.807, 2.05) is 0 Å². The second-order valence-electron chi connectivity index (χ2n) is 4.68. The molecule has 0 aromatic heterocycles. The van der Waals surface area contributed by atoms with Gasteiger partial charge in [0.1, 0.15) is 0 Å². The molecule has 0 atom stereocenters.